The molecule has 1 aromatic carbocycles. The largest absolute Gasteiger partial charge is 0.481 e. The average Bonchev–Trinajstić information content (AvgIpc) is 2.28. The number of rotatable bonds is 6. The van der Waals surface area contributed by atoms with Gasteiger partial charge in [0.05, 0.1) is 0 Å². The zero-order valence-corrected chi connectivity index (χ0v) is 9.54. The molecule has 5 heteroatoms. The highest BCUT2D eigenvalue weighted by Gasteiger charge is 2.12. The van der Waals surface area contributed by atoms with Crippen molar-refractivity contribution in [3.63, 3.8) is 0 Å². The van der Waals surface area contributed by atoms with E-state index in [0.29, 0.717) is 18.4 Å². The first-order valence-electron chi connectivity index (χ1n) is 5.38. The summed E-state index contributed by atoms with van der Waals surface area (Å²) in [5.74, 6) is -2.62. The third-order valence-corrected chi connectivity index (χ3v) is 2.58. The predicted molar refractivity (Wildman–Crippen MR) is 59.6 cm³/mol. The van der Waals surface area contributed by atoms with Crippen LogP contribution in [0.15, 0.2) is 18.2 Å². The molecule has 1 atom stereocenters. The number of aliphatic carboxylic acids is 1. The van der Waals surface area contributed by atoms with Crippen LogP contribution in [0.2, 0.25) is 0 Å². The Morgan fingerprint density at radius 2 is 2.12 bits per heavy atom. The van der Waals surface area contributed by atoms with E-state index in [1.165, 1.54) is 6.07 Å². The maximum atomic E-state index is 13.0. The fourth-order valence-electron chi connectivity index (χ4n) is 1.66. The van der Waals surface area contributed by atoms with Crippen LogP contribution in [0.1, 0.15) is 30.9 Å². The van der Waals surface area contributed by atoms with Crippen molar-refractivity contribution in [1.82, 2.24) is 5.32 Å². The van der Waals surface area contributed by atoms with Crippen LogP contribution in [-0.2, 0) is 4.79 Å². The first-order chi connectivity index (χ1) is 8.04. The van der Waals surface area contributed by atoms with Crippen LogP contribution in [0.3, 0.4) is 0 Å². The molecule has 94 valence electrons. The summed E-state index contributed by atoms with van der Waals surface area (Å²) in [4.78, 5) is 10.4. The van der Waals surface area contributed by atoms with Crippen molar-refractivity contribution in [3.8, 4) is 0 Å². The molecule has 0 saturated heterocycles. The van der Waals surface area contributed by atoms with Gasteiger partial charge in [0.15, 0.2) is 11.6 Å². The van der Waals surface area contributed by atoms with Crippen LogP contribution < -0.4 is 5.32 Å². The van der Waals surface area contributed by atoms with E-state index < -0.39 is 17.6 Å². The van der Waals surface area contributed by atoms with E-state index in [0.717, 1.165) is 12.1 Å². The Balaban J connectivity index is 2.65. The van der Waals surface area contributed by atoms with Gasteiger partial charge in [-0.3, -0.25) is 4.79 Å². The molecule has 1 rings (SSSR count). The number of carboxylic acid groups (broad SMARTS) is 1. The maximum absolute atomic E-state index is 13.0. The number of hydrogen-bond acceptors (Lipinski definition) is 2. The molecule has 0 aliphatic heterocycles. The molecule has 3 nitrogen and oxygen atoms in total. The van der Waals surface area contributed by atoms with Crippen molar-refractivity contribution in [2.75, 3.05) is 7.05 Å². The third kappa shape index (κ3) is 4.11. The fraction of sp³-hybridized carbons (Fsp3) is 0.417. The molecule has 0 aliphatic carbocycles. The molecular formula is C12H15F2NO2. The molecule has 1 unspecified atom stereocenters. The van der Waals surface area contributed by atoms with E-state index in [1.807, 2.05) is 0 Å². The van der Waals surface area contributed by atoms with Gasteiger partial charge in [0.2, 0.25) is 0 Å². The molecule has 0 aliphatic rings. The number of carboxylic acids is 1. The van der Waals surface area contributed by atoms with E-state index >= 15 is 0 Å². The Morgan fingerprint density at radius 1 is 1.41 bits per heavy atom. The number of carbonyl (C=O) groups is 1. The third-order valence-electron chi connectivity index (χ3n) is 2.58. The topological polar surface area (TPSA) is 49.3 Å². The minimum atomic E-state index is -0.888. The summed E-state index contributed by atoms with van der Waals surface area (Å²) in [6, 6.07) is 3.55. The van der Waals surface area contributed by atoms with Crippen molar-refractivity contribution in [2.24, 2.45) is 0 Å². The zero-order valence-electron chi connectivity index (χ0n) is 9.54. The second kappa shape index (κ2) is 6.30. The monoisotopic (exact) mass is 243 g/mol. The van der Waals surface area contributed by atoms with Crippen molar-refractivity contribution in [1.29, 1.82) is 0 Å². The Morgan fingerprint density at radius 3 is 2.65 bits per heavy atom. The van der Waals surface area contributed by atoms with Gasteiger partial charge < -0.3 is 10.4 Å². The number of hydrogen-bond donors (Lipinski definition) is 2. The van der Waals surface area contributed by atoms with Crippen LogP contribution in [-0.4, -0.2) is 18.1 Å². The van der Waals surface area contributed by atoms with Crippen LogP contribution in [0.25, 0.3) is 0 Å². The van der Waals surface area contributed by atoms with Crippen LogP contribution in [0.5, 0.6) is 0 Å². The van der Waals surface area contributed by atoms with Gasteiger partial charge in [0.25, 0.3) is 0 Å². The Hall–Kier alpha value is -1.49. The summed E-state index contributed by atoms with van der Waals surface area (Å²) >= 11 is 0. The molecule has 0 saturated carbocycles. The van der Waals surface area contributed by atoms with Crippen LogP contribution >= 0.6 is 0 Å². The SMILES string of the molecule is CNC(CCCC(=O)O)c1ccc(F)c(F)c1. The highest BCUT2D eigenvalue weighted by Crippen LogP contribution is 2.20. The summed E-state index contributed by atoms with van der Waals surface area (Å²) in [7, 11) is 1.70. The average molecular weight is 243 g/mol. The van der Waals surface area contributed by atoms with Gasteiger partial charge in [-0.15, -0.1) is 0 Å². The van der Waals surface area contributed by atoms with Crippen molar-refractivity contribution < 1.29 is 18.7 Å². The van der Waals surface area contributed by atoms with E-state index in [2.05, 4.69) is 5.32 Å². The summed E-state index contributed by atoms with van der Waals surface area (Å²) < 4.78 is 25.8. The normalized spacial score (nSPS) is 12.4. The highest BCUT2D eigenvalue weighted by atomic mass is 19.2. The standard InChI is InChI=1S/C12H15F2NO2/c1-15-11(3-2-4-12(16)17)8-5-6-9(13)10(14)7-8/h5-7,11,15H,2-4H2,1H3,(H,16,17). The minimum Gasteiger partial charge on any atom is -0.481 e. The molecule has 0 spiro atoms. The molecule has 0 fully saturated rings. The highest BCUT2D eigenvalue weighted by molar-refractivity contribution is 5.66. The molecule has 0 aromatic heterocycles. The summed E-state index contributed by atoms with van der Waals surface area (Å²) in [6.45, 7) is 0. The van der Waals surface area contributed by atoms with Crippen molar-refractivity contribution in [2.45, 2.75) is 25.3 Å². The quantitative estimate of drug-likeness (QED) is 0.807. The van der Waals surface area contributed by atoms with Gasteiger partial charge in [-0.2, -0.15) is 0 Å². The lowest BCUT2D eigenvalue weighted by Gasteiger charge is -2.16. The first kappa shape index (κ1) is 13.6. The lowest BCUT2D eigenvalue weighted by molar-refractivity contribution is -0.137. The van der Waals surface area contributed by atoms with Gasteiger partial charge in [-0.1, -0.05) is 6.07 Å². The van der Waals surface area contributed by atoms with Crippen LogP contribution in [0.4, 0.5) is 8.78 Å². The molecular weight excluding hydrogens is 228 g/mol. The van der Waals surface area contributed by atoms with Crippen molar-refractivity contribution in [3.05, 3.63) is 35.4 Å². The molecule has 1 aromatic rings. The Kier molecular flexibility index (Phi) is 5.03. The summed E-state index contributed by atoms with van der Waals surface area (Å²) in [5, 5.41) is 11.5. The number of benzene rings is 1. The summed E-state index contributed by atoms with van der Waals surface area (Å²) in [5.41, 5.74) is 0.622. The Bertz CT molecular complexity index is 396. The summed E-state index contributed by atoms with van der Waals surface area (Å²) in [6.07, 6.45) is 1.12. The van der Waals surface area contributed by atoms with Crippen molar-refractivity contribution >= 4 is 5.97 Å². The van der Waals surface area contributed by atoms with Gasteiger partial charge in [-0.05, 0) is 37.6 Å². The Labute approximate surface area is 98.5 Å². The second-order valence-electron chi connectivity index (χ2n) is 3.80. The fourth-order valence-corrected chi connectivity index (χ4v) is 1.66. The van der Waals surface area contributed by atoms with Gasteiger partial charge in [0.1, 0.15) is 0 Å². The van der Waals surface area contributed by atoms with E-state index in [1.54, 1.807) is 7.05 Å². The molecule has 0 radical (unpaired) electrons. The molecule has 2 N–H and O–H groups in total. The number of halogens is 2. The van der Waals surface area contributed by atoms with E-state index in [4.69, 9.17) is 5.11 Å². The van der Waals surface area contributed by atoms with Gasteiger partial charge in [-0.25, -0.2) is 8.78 Å². The molecule has 0 heterocycles. The van der Waals surface area contributed by atoms with E-state index in [9.17, 15) is 13.6 Å². The van der Waals surface area contributed by atoms with Gasteiger partial charge >= 0.3 is 5.97 Å². The predicted octanol–water partition coefficient (Wildman–Crippen LogP) is 2.48. The van der Waals surface area contributed by atoms with Gasteiger partial charge in [0, 0.05) is 12.5 Å². The lowest BCUT2D eigenvalue weighted by atomic mass is 10.0. The first-order valence-corrected chi connectivity index (χ1v) is 5.38. The second-order valence-corrected chi connectivity index (χ2v) is 3.80. The molecule has 17 heavy (non-hydrogen) atoms. The van der Waals surface area contributed by atoms with Crippen LogP contribution in [0, 0.1) is 11.6 Å². The van der Waals surface area contributed by atoms with E-state index in [-0.39, 0.29) is 12.5 Å². The smallest absolute Gasteiger partial charge is 0.303 e. The molecule has 0 bridgehead atoms. The molecule has 0 amide bonds. The minimum absolute atomic E-state index is 0.0713. The number of nitrogens with one attached hydrogen (secondary N) is 1. The lowest BCUT2D eigenvalue weighted by Crippen LogP contribution is -2.17. The zero-order chi connectivity index (χ0) is 12.8. The maximum Gasteiger partial charge on any atom is 0.303 e.